The van der Waals surface area contributed by atoms with Crippen LogP contribution in [0.2, 0.25) is 0 Å². The van der Waals surface area contributed by atoms with Crippen molar-refractivity contribution in [3.63, 3.8) is 0 Å². The Labute approximate surface area is 129 Å². The van der Waals surface area contributed by atoms with Gasteiger partial charge in [0.15, 0.2) is 6.23 Å². The Bertz CT molecular complexity index is 410. The molecule has 20 heavy (non-hydrogen) atoms. The van der Waals surface area contributed by atoms with Crippen molar-refractivity contribution < 1.29 is 28.6 Å². The van der Waals surface area contributed by atoms with E-state index in [0.29, 0.717) is 0 Å². The Hall–Kier alpha value is -0.920. The first-order valence-corrected chi connectivity index (χ1v) is 6.61. The maximum Gasteiger partial charge on any atom is 0.508 e. The monoisotopic (exact) mass is 347 g/mol. The standard InChI is InChI=1S/C10H12Cl3NO6/c1-4(19-9(17)18-3-10(11,12)13)6-7(16)14-8(6)20-5(2)15/h4,6,8H,3H2,1-2H3,(H,14,16). The minimum atomic E-state index is -1.75. The molecule has 0 saturated carbocycles. The van der Waals surface area contributed by atoms with E-state index in [-0.39, 0.29) is 0 Å². The molecule has 0 aromatic carbocycles. The number of ether oxygens (including phenoxy) is 3. The smallest absolute Gasteiger partial charge is 0.441 e. The van der Waals surface area contributed by atoms with Crippen molar-refractivity contribution >= 4 is 52.8 Å². The maximum absolute atomic E-state index is 11.4. The van der Waals surface area contributed by atoms with Gasteiger partial charge in [0.2, 0.25) is 9.70 Å². The summed E-state index contributed by atoms with van der Waals surface area (Å²) in [7, 11) is 0. The van der Waals surface area contributed by atoms with Gasteiger partial charge < -0.3 is 19.5 Å². The van der Waals surface area contributed by atoms with Gasteiger partial charge in [-0.1, -0.05) is 34.8 Å². The van der Waals surface area contributed by atoms with Gasteiger partial charge in [-0.25, -0.2) is 4.79 Å². The van der Waals surface area contributed by atoms with E-state index >= 15 is 0 Å². The van der Waals surface area contributed by atoms with Crippen LogP contribution in [0.3, 0.4) is 0 Å². The van der Waals surface area contributed by atoms with Gasteiger partial charge in [0, 0.05) is 6.92 Å². The molecular formula is C10H12Cl3NO6. The predicted octanol–water partition coefficient (Wildman–Crippen LogP) is 1.53. The molecule has 1 aliphatic rings. The Morgan fingerprint density at radius 3 is 2.45 bits per heavy atom. The summed E-state index contributed by atoms with van der Waals surface area (Å²) in [4.78, 5) is 33.5. The minimum Gasteiger partial charge on any atom is -0.441 e. The van der Waals surface area contributed by atoms with Crippen LogP contribution < -0.4 is 5.32 Å². The van der Waals surface area contributed by atoms with Crippen LogP contribution in [0.25, 0.3) is 0 Å². The van der Waals surface area contributed by atoms with E-state index in [0.717, 1.165) is 0 Å². The first kappa shape index (κ1) is 17.1. The van der Waals surface area contributed by atoms with Gasteiger partial charge in [0.05, 0.1) is 0 Å². The minimum absolute atomic E-state index is 0.405. The normalized spacial score (nSPS) is 23.1. The fraction of sp³-hybridized carbons (Fsp3) is 0.700. The zero-order chi connectivity index (χ0) is 15.5. The summed E-state index contributed by atoms with van der Waals surface area (Å²) >= 11 is 16.2. The molecule has 1 aliphatic heterocycles. The molecule has 0 bridgehead atoms. The summed E-state index contributed by atoms with van der Waals surface area (Å²) in [5, 5.41) is 2.36. The zero-order valence-electron chi connectivity index (χ0n) is 10.5. The van der Waals surface area contributed by atoms with Crippen molar-refractivity contribution in [1.29, 1.82) is 0 Å². The molecule has 1 N–H and O–H groups in total. The summed E-state index contributed by atoms with van der Waals surface area (Å²) < 4.78 is 12.5. The molecule has 1 rings (SSSR count). The number of rotatable bonds is 4. The lowest BCUT2D eigenvalue weighted by Gasteiger charge is -2.38. The van der Waals surface area contributed by atoms with Crippen LogP contribution >= 0.6 is 34.8 Å². The second kappa shape index (κ2) is 6.69. The fourth-order valence-corrected chi connectivity index (χ4v) is 1.67. The number of β-lactam (4-membered cyclic amide) rings is 1. The molecule has 1 amide bonds. The van der Waals surface area contributed by atoms with Crippen LogP contribution in [0.5, 0.6) is 0 Å². The second-order valence-electron chi connectivity index (χ2n) is 4.04. The summed E-state index contributed by atoms with van der Waals surface area (Å²) in [6.45, 7) is 2.16. The molecular weight excluding hydrogens is 336 g/mol. The molecule has 1 fully saturated rings. The van der Waals surface area contributed by atoms with E-state index in [2.05, 4.69) is 10.1 Å². The highest BCUT2D eigenvalue weighted by molar-refractivity contribution is 6.67. The van der Waals surface area contributed by atoms with Crippen LogP contribution in [0.4, 0.5) is 4.79 Å². The molecule has 10 heteroatoms. The molecule has 0 aromatic rings. The third kappa shape index (κ3) is 5.22. The molecule has 0 aromatic heterocycles. The molecule has 1 heterocycles. The molecule has 114 valence electrons. The van der Waals surface area contributed by atoms with Crippen LogP contribution in [0, 0.1) is 5.92 Å². The number of carbonyl (C=O) groups excluding carboxylic acids is 3. The van der Waals surface area contributed by atoms with E-state index in [1.165, 1.54) is 13.8 Å². The number of hydrogen-bond acceptors (Lipinski definition) is 6. The second-order valence-corrected chi connectivity index (χ2v) is 6.56. The van der Waals surface area contributed by atoms with E-state index in [9.17, 15) is 14.4 Å². The third-order valence-electron chi connectivity index (χ3n) is 2.35. The van der Waals surface area contributed by atoms with Crippen LogP contribution in [0.1, 0.15) is 13.8 Å². The maximum atomic E-state index is 11.4. The highest BCUT2D eigenvalue weighted by atomic mass is 35.6. The highest BCUT2D eigenvalue weighted by Gasteiger charge is 2.47. The van der Waals surface area contributed by atoms with Gasteiger partial charge in [-0.2, -0.15) is 0 Å². The number of halogens is 3. The van der Waals surface area contributed by atoms with Crippen LogP contribution in [-0.4, -0.2) is 40.8 Å². The Morgan fingerprint density at radius 1 is 1.40 bits per heavy atom. The topological polar surface area (TPSA) is 90.9 Å². The largest absolute Gasteiger partial charge is 0.508 e. The Morgan fingerprint density at radius 2 is 2.00 bits per heavy atom. The lowest BCUT2D eigenvalue weighted by molar-refractivity contribution is -0.174. The number of esters is 1. The molecule has 3 unspecified atom stereocenters. The number of carbonyl (C=O) groups is 3. The average Bonchev–Trinajstić information content (AvgIpc) is 2.23. The van der Waals surface area contributed by atoms with Crippen molar-refractivity contribution in [2.75, 3.05) is 6.61 Å². The van der Waals surface area contributed by atoms with Crippen LogP contribution in [-0.2, 0) is 23.8 Å². The van der Waals surface area contributed by atoms with Crippen molar-refractivity contribution in [3.8, 4) is 0 Å². The molecule has 0 spiro atoms. The van der Waals surface area contributed by atoms with E-state index in [1.54, 1.807) is 0 Å². The van der Waals surface area contributed by atoms with Gasteiger partial charge in [-0.05, 0) is 6.92 Å². The van der Waals surface area contributed by atoms with Gasteiger partial charge in [0.25, 0.3) is 0 Å². The quantitative estimate of drug-likeness (QED) is 0.471. The van der Waals surface area contributed by atoms with Crippen LogP contribution in [0.15, 0.2) is 0 Å². The van der Waals surface area contributed by atoms with E-state index < -0.39 is 46.7 Å². The first-order chi connectivity index (χ1) is 9.10. The van der Waals surface area contributed by atoms with Gasteiger partial charge in [-0.3, -0.25) is 9.59 Å². The SMILES string of the molecule is CC(=O)OC1NC(=O)C1C(C)OC(=O)OCC(Cl)(Cl)Cl. The van der Waals surface area contributed by atoms with Crippen molar-refractivity contribution in [3.05, 3.63) is 0 Å². The fourth-order valence-electron chi connectivity index (χ4n) is 1.51. The molecule has 7 nitrogen and oxygen atoms in total. The lowest BCUT2D eigenvalue weighted by Crippen LogP contribution is -2.63. The molecule has 0 aliphatic carbocycles. The van der Waals surface area contributed by atoms with E-state index in [4.69, 9.17) is 44.3 Å². The first-order valence-electron chi connectivity index (χ1n) is 5.48. The lowest BCUT2D eigenvalue weighted by atomic mass is 9.93. The summed E-state index contributed by atoms with van der Waals surface area (Å²) in [6.07, 6.45) is -2.79. The average molecular weight is 349 g/mol. The van der Waals surface area contributed by atoms with Gasteiger partial charge in [0.1, 0.15) is 18.6 Å². The number of nitrogens with one attached hydrogen (secondary N) is 1. The Kier molecular flexibility index (Phi) is 5.73. The third-order valence-corrected chi connectivity index (χ3v) is 2.68. The van der Waals surface area contributed by atoms with Crippen molar-refractivity contribution in [2.24, 2.45) is 5.92 Å². The van der Waals surface area contributed by atoms with Crippen molar-refractivity contribution in [1.82, 2.24) is 5.32 Å². The molecule has 1 saturated heterocycles. The van der Waals surface area contributed by atoms with Gasteiger partial charge >= 0.3 is 12.1 Å². The summed E-state index contributed by atoms with van der Waals surface area (Å²) in [6, 6.07) is 0. The van der Waals surface area contributed by atoms with E-state index in [1.807, 2.05) is 0 Å². The molecule has 0 radical (unpaired) electrons. The number of amides is 1. The Balaban J connectivity index is 2.44. The predicted molar refractivity (Wildman–Crippen MR) is 69.4 cm³/mol. The summed E-state index contributed by atoms with van der Waals surface area (Å²) in [5.74, 6) is -1.77. The zero-order valence-corrected chi connectivity index (χ0v) is 12.8. The van der Waals surface area contributed by atoms with Gasteiger partial charge in [-0.15, -0.1) is 0 Å². The number of hydrogen-bond donors (Lipinski definition) is 1. The summed E-state index contributed by atoms with van der Waals surface area (Å²) in [5.41, 5.74) is 0. The van der Waals surface area contributed by atoms with Crippen molar-refractivity contribution in [2.45, 2.75) is 30.0 Å². The number of alkyl halides is 3. The molecule has 3 atom stereocenters. The highest BCUT2D eigenvalue weighted by Crippen LogP contribution is 2.27.